The maximum atomic E-state index is 10.5. The quantitative estimate of drug-likeness (QED) is 0.782. The molecule has 0 aliphatic rings. The molecular formula is C15H16N2O3. The number of carbonyl (C=O) groups is 1. The van der Waals surface area contributed by atoms with Gasteiger partial charge in [-0.1, -0.05) is 0 Å². The number of aldehydes is 1. The summed E-state index contributed by atoms with van der Waals surface area (Å²) in [7, 11) is 1.64. The zero-order chi connectivity index (χ0) is 14.5. The number of aryl methyl sites for hydroxylation is 1. The van der Waals surface area contributed by atoms with Gasteiger partial charge in [-0.2, -0.15) is 0 Å². The van der Waals surface area contributed by atoms with E-state index in [4.69, 9.17) is 9.47 Å². The third-order valence-corrected chi connectivity index (χ3v) is 3.01. The summed E-state index contributed by atoms with van der Waals surface area (Å²) >= 11 is 0. The largest absolute Gasteiger partial charge is 0.496 e. The number of methoxy groups -OCH3 is 1. The number of pyridine rings is 2. The molecule has 0 fully saturated rings. The van der Waals surface area contributed by atoms with Gasteiger partial charge in [0.05, 0.1) is 19.0 Å². The van der Waals surface area contributed by atoms with E-state index in [-0.39, 0.29) is 0 Å². The summed E-state index contributed by atoms with van der Waals surface area (Å²) in [6.45, 7) is 4.22. The molecule has 5 nitrogen and oxygen atoms in total. The van der Waals surface area contributed by atoms with Gasteiger partial charge in [0, 0.05) is 17.3 Å². The Morgan fingerprint density at radius 2 is 2.00 bits per heavy atom. The van der Waals surface area contributed by atoms with Gasteiger partial charge < -0.3 is 9.47 Å². The molecule has 20 heavy (non-hydrogen) atoms. The van der Waals surface area contributed by atoms with Gasteiger partial charge in [-0.05, 0) is 26.0 Å². The van der Waals surface area contributed by atoms with E-state index in [1.54, 1.807) is 25.4 Å². The van der Waals surface area contributed by atoms with Crippen molar-refractivity contribution in [2.24, 2.45) is 0 Å². The molecule has 104 valence electrons. The van der Waals surface area contributed by atoms with Crippen molar-refractivity contribution in [3.8, 4) is 11.5 Å². The molecule has 0 aromatic carbocycles. The van der Waals surface area contributed by atoms with Crippen molar-refractivity contribution in [2.75, 3.05) is 7.11 Å². The van der Waals surface area contributed by atoms with E-state index in [9.17, 15) is 4.79 Å². The van der Waals surface area contributed by atoms with Crippen LogP contribution in [-0.2, 0) is 6.61 Å². The highest BCUT2D eigenvalue weighted by Crippen LogP contribution is 2.24. The Morgan fingerprint density at radius 1 is 1.20 bits per heavy atom. The maximum absolute atomic E-state index is 10.5. The van der Waals surface area contributed by atoms with Crippen molar-refractivity contribution in [1.82, 2.24) is 9.97 Å². The molecule has 0 bridgehead atoms. The molecule has 0 spiro atoms. The lowest BCUT2D eigenvalue weighted by molar-refractivity contribution is 0.111. The van der Waals surface area contributed by atoms with E-state index in [0.29, 0.717) is 24.3 Å². The first-order chi connectivity index (χ1) is 9.65. The van der Waals surface area contributed by atoms with E-state index in [0.717, 1.165) is 22.6 Å². The van der Waals surface area contributed by atoms with E-state index < -0.39 is 0 Å². The SMILES string of the molecule is COc1c(C)cnc(COc2ccc(C=O)nc2)c1C. The van der Waals surface area contributed by atoms with Gasteiger partial charge >= 0.3 is 0 Å². The second-order valence-electron chi connectivity index (χ2n) is 4.37. The summed E-state index contributed by atoms with van der Waals surface area (Å²) < 4.78 is 11.0. The Kier molecular flexibility index (Phi) is 4.30. The Morgan fingerprint density at radius 3 is 2.60 bits per heavy atom. The molecule has 2 rings (SSSR count). The lowest BCUT2D eigenvalue weighted by Crippen LogP contribution is -2.04. The Bertz CT molecular complexity index is 609. The first-order valence-corrected chi connectivity index (χ1v) is 6.18. The van der Waals surface area contributed by atoms with Crippen molar-refractivity contribution in [3.05, 3.63) is 47.0 Å². The van der Waals surface area contributed by atoms with Crippen LogP contribution in [0.5, 0.6) is 11.5 Å². The number of rotatable bonds is 5. The third-order valence-electron chi connectivity index (χ3n) is 3.01. The highest BCUT2D eigenvalue weighted by atomic mass is 16.5. The molecule has 0 N–H and O–H groups in total. The van der Waals surface area contributed by atoms with Gasteiger partial charge in [0.1, 0.15) is 23.8 Å². The number of nitrogens with zero attached hydrogens (tertiary/aromatic N) is 2. The van der Waals surface area contributed by atoms with Crippen LogP contribution in [0.1, 0.15) is 27.3 Å². The van der Waals surface area contributed by atoms with Crippen molar-refractivity contribution < 1.29 is 14.3 Å². The van der Waals surface area contributed by atoms with Crippen LogP contribution in [0.3, 0.4) is 0 Å². The predicted molar refractivity (Wildman–Crippen MR) is 74.2 cm³/mol. The van der Waals surface area contributed by atoms with Gasteiger partial charge in [-0.25, -0.2) is 4.98 Å². The number of hydrogen-bond donors (Lipinski definition) is 0. The van der Waals surface area contributed by atoms with Crippen LogP contribution in [-0.4, -0.2) is 23.4 Å². The van der Waals surface area contributed by atoms with Gasteiger partial charge in [-0.3, -0.25) is 9.78 Å². The molecule has 0 unspecified atom stereocenters. The normalized spacial score (nSPS) is 10.2. The minimum Gasteiger partial charge on any atom is -0.496 e. The minimum atomic E-state index is 0.324. The molecule has 0 aliphatic heterocycles. The van der Waals surface area contributed by atoms with Crippen LogP contribution in [0, 0.1) is 13.8 Å². The summed E-state index contributed by atoms with van der Waals surface area (Å²) in [5.74, 6) is 1.42. The van der Waals surface area contributed by atoms with Crippen molar-refractivity contribution in [2.45, 2.75) is 20.5 Å². The van der Waals surface area contributed by atoms with Gasteiger partial charge in [0.2, 0.25) is 0 Å². The fraction of sp³-hybridized carbons (Fsp3) is 0.267. The predicted octanol–water partition coefficient (Wildman–Crippen LogP) is 2.49. The van der Waals surface area contributed by atoms with Gasteiger partial charge in [0.15, 0.2) is 6.29 Å². The van der Waals surface area contributed by atoms with Crippen LogP contribution in [0.4, 0.5) is 0 Å². The van der Waals surface area contributed by atoms with Crippen molar-refractivity contribution >= 4 is 6.29 Å². The van der Waals surface area contributed by atoms with Gasteiger partial charge in [0.25, 0.3) is 0 Å². The molecule has 0 aliphatic carbocycles. The summed E-state index contributed by atoms with van der Waals surface area (Å²) in [4.78, 5) is 18.8. The van der Waals surface area contributed by atoms with E-state index in [1.165, 1.54) is 6.20 Å². The fourth-order valence-corrected chi connectivity index (χ4v) is 1.92. The molecule has 2 aromatic heterocycles. The Labute approximate surface area is 117 Å². The lowest BCUT2D eigenvalue weighted by Gasteiger charge is -2.12. The van der Waals surface area contributed by atoms with Crippen LogP contribution in [0.2, 0.25) is 0 Å². The monoisotopic (exact) mass is 272 g/mol. The molecular weight excluding hydrogens is 256 g/mol. The van der Waals surface area contributed by atoms with Crippen LogP contribution < -0.4 is 9.47 Å². The van der Waals surface area contributed by atoms with Crippen LogP contribution in [0.25, 0.3) is 0 Å². The fourth-order valence-electron chi connectivity index (χ4n) is 1.92. The summed E-state index contributed by atoms with van der Waals surface area (Å²) in [5.41, 5.74) is 3.14. The molecule has 0 atom stereocenters. The Balaban J connectivity index is 2.12. The molecule has 0 amide bonds. The van der Waals surface area contributed by atoms with E-state index in [1.807, 2.05) is 13.8 Å². The Hall–Kier alpha value is -2.43. The smallest absolute Gasteiger partial charge is 0.168 e. The van der Waals surface area contributed by atoms with E-state index >= 15 is 0 Å². The summed E-state index contributed by atoms with van der Waals surface area (Å²) in [6, 6.07) is 3.32. The second-order valence-corrected chi connectivity index (χ2v) is 4.37. The first kappa shape index (κ1) is 14.0. The average Bonchev–Trinajstić information content (AvgIpc) is 2.47. The van der Waals surface area contributed by atoms with E-state index in [2.05, 4.69) is 9.97 Å². The highest BCUT2D eigenvalue weighted by Gasteiger charge is 2.10. The molecule has 2 heterocycles. The third kappa shape index (κ3) is 2.93. The van der Waals surface area contributed by atoms with Gasteiger partial charge in [-0.15, -0.1) is 0 Å². The molecule has 5 heteroatoms. The topological polar surface area (TPSA) is 61.3 Å². The van der Waals surface area contributed by atoms with Crippen LogP contribution in [0.15, 0.2) is 24.5 Å². The molecule has 0 saturated carbocycles. The highest BCUT2D eigenvalue weighted by molar-refractivity contribution is 5.71. The standard InChI is InChI=1S/C15H16N2O3/c1-10-6-17-14(11(2)15(10)19-3)9-20-13-5-4-12(8-18)16-7-13/h4-8H,9H2,1-3H3. The van der Waals surface area contributed by atoms with Crippen molar-refractivity contribution in [1.29, 1.82) is 0 Å². The first-order valence-electron chi connectivity index (χ1n) is 6.18. The number of carbonyl (C=O) groups excluding carboxylic acids is 1. The van der Waals surface area contributed by atoms with Crippen LogP contribution >= 0.6 is 0 Å². The lowest BCUT2D eigenvalue weighted by atomic mass is 10.1. The number of ether oxygens (including phenoxy) is 2. The molecule has 2 aromatic rings. The zero-order valence-corrected chi connectivity index (χ0v) is 11.7. The summed E-state index contributed by atoms with van der Waals surface area (Å²) in [5, 5.41) is 0. The molecule has 0 radical (unpaired) electrons. The maximum Gasteiger partial charge on any atom is 0.168 e. The van der Waals surface area contributed by atoms with Crippen molar-refractivity contribution in [3.63, 3.8) is 0 Å². The average molecular weight is 272 g/mol. The minimum absolute atomic E-state index is 0.324. The second kappa shape index (κ2) is 6.14. The number of hydrogen-bond acceptors (Lipinski definition) is 5. The number of aromatic nitrogens is 2. The molecule has 0 saturated heterocycles. The zero-order valence-electron chi connectivity index (χ0n) is 11.7. The summed E-state index contributed by atoms with van der Waals surface area (Å²) in [6.07, 6.45) is 3.98.